The summed E-state index contributed by atoms with van der Waals surface area (Å²) in [7, 11) is -4.67. The van der Waals surface area contributed by atoms with Gasteiger partial charge >= 0.3 is 7.12 Å². The minimum Gasteiger partial charge on any atom is -0.455 e. The van der Waals surface area contributed by atoms with Crippen molar-refractivity contribution in [3.8, 4) is 11.3 Å². The SMILES string of the molecule is CS(=O)(=O)N(Cc1cc2oc(-c3ccc(F)cc3)c(C(N)=O)c2cc1C1CC1)Cc1cccc2c1COB2O. The van der Waals surface area contributed by atoms with Gasteiger partial charge in [0.05, 0.1) is 18.4 Å². The third-order valence-electron chi connectivity index (χ3n) is 7.44. The maximum atomic E-state index is 13.5. The first-order valence-electron chi connectivity index (χ1n) is 12.6. The number of rotatable bonds is 8. The molecule has 0 atom stereocenters. The molecule has 0 radical (unpaired) electrons. The molecule has 1 aromatic heterocycles. The highest BCUT2D eigenvalue weighted by atomic mass is 32.2. The van der Waals surface area contributed by atoms with Gasteiger partial charge in [-0.05, 0) is 82.9 Å². The van der Waals surface area contributed by atoms with Crippen molar-refractivity contribution in [2.75, 3.05) is 6.26 Å². The molecule has 39 heavy (non-hydrogen) atoms. The molecule has 1 saturated carbocycles. The van der Waals surface area contributed by atoms with Gasteiger partial charge in [0.15, 0.2) is 0 Å². The fraction of sp³-hybridized carbons (Fsp3) is 0.250. The van der Waals surface area contributed by atoms with Gasteiger partial charge in [-0.25, -0.2) is 12.8 Å². The first-order chi connectivity index (χ1) is 18.6. The summed E-state index contributed by atoms with van der Waals surface area (Å²) in [6.07, 6.45) is 3.07. The standard InChI is InChI=1S/C28H26BFN2O6S/c1-39(35,36)32(13-18-3-2-4-24-23(18)15-37-29(24)34)14-19-11-25-22(12-21(19)16-5-6-16)26(28(31)33)27(38-25)17-7-9-20(30)10-8-17/h2-4,7-12,16,34H,5-6,13-15H2,1H3,(H2,31,33). The number of primary amides is 1. The lowest BCUT2D eigenvalue weighted by Gasteiger charge is -2.23. The number of nitrogens with two attached hydrogens (primary N) is 1. The highest BCUT2D eigenvalue weighted by molar-refractivity contribution is 7.88. The van der Waals surface area contributed by atoms with Gasteiger partial charge < -0.3 is 19.8 Å². The van der Waals surface area contributed by atoms with Crippen LogP contribution in [-0.2, 0) is 34.4 Å². The Hall–Kier alpha value is -3.51. The predicted octanol–water partition coefficient (Wildman–Crippen LogP) is 3.39. The normalized spacial score (nSPS) is 15.3. The van der Waals surface area contributed by atoms with E-state index in [0.29, 0.717) is 22.0 Å². The Morgan fingerprint density at radius 3 is 2.51 bits per heavy atom. The van der Waals surface area contributed by atoms with E-state index in [1.165, 1.54) is 34.8 Å². The number of halogens is 1. The molecule has 200 valence electrons. The van der Waals surface area contributed by atoms with Crippen LogP contribution in [0.4, 0.5) is 4.39 Å². The average Bonchev–Trinajstić information content (AvgIpc) is 3.56. The van der Waals surface area contributed by atoms with E-state index >= 15 is 0 Å². The summed E-state index contributed by atoms with van der Waals surface area (Å²) >= 11 is 0. The zero-order chi connectivity index (χ0) is 27.5. The summed E-state index contributed by atoms with van der Waals surface area (Å²) in [6.45, 7) is 0.399. The number of fused-ring (bicyclic) bond motifs is 2. The zero-order valence-electron chi connectivity index (χ0n) is 21.2. The first kappa shape index (κ1) is 25.8. The van der Waals surface area contributed by atoms with Gasteiger partial charge in [-0.15, -0.1) is 0 Å². The Labute approximate surface area is 225 Å². The predicted molar refractivity (Wildman–Crippen MR) is 145 cm³/mol. The molecule has 8 nitrogen and oxygen atoms in total. The molecule has 4 aromatic rings. The van der Waals surface area contributed by atoms with Crippen LogP contribution in [0.1, 0.15) is 51.4 Å². The molecule has 3 aromatic carbocycles. The maximum Gasteiger partial charge on any atom is 0.491 e. The third kappa shape index (κ3) is 4.87. The van der Waals surface area contributed by atoms with E-state index in [9.17, 15) is 22.6 Å². The van der Waals surface area contributed by atoms with Gasteiger partial charge in [0, 0.05) is 24.0 Å². The lowest BCUT2D eigenvalue weighted by molar-refractivity contribution is 0.100. The smallest absolute Gasteiger partial charge is 0.455 e. The molecule has 0 unspecified atom stereocenters. The summed E-state index contributed by atoms with van der Waals surface area (Å²) in [4.78, 5) is 12.5. The number of nitrogens with zero attached hydrogens (tertiary/aromatic N) is 1. The summed E-state index contributed by atoms with van der Waals surface area (Å²) in [5, 5.41) is 10.6. The number of carbonyl (C=O) groups is 1. The molecule has 3 N–H and O–H groups in total. The number of sulfonamides is 1. The molecule has 0 spiro atoms. The van der Waals surface area contributed by atoms with E-state index in [4.69, 9.17) is 14.8 Å². The molecule has 1 amide bonds. The zero-order valence-corrected chi connectivity index (χ0v) is 22.0. The topological polar surface area (TPSA) is 123 Å². The van der Waals surface area contributed by atoms with Crippen molar-refractivity contribution in [1.29, 1.82) is 0 Å². The summed E-state index contributed by atoms with van der Waals surface area (Å²) in [6, 6.07) is 14.6. The molecular formula is C28H26BFN2O6S. The summed E-state index contributed by atoms with van der Waals surface area (Å²) in [5.41, 5.74) is 10.8. The second-order valence-corrected chi connectivity index (χ2v) is 12.2. The van der Waals surface area contributed by atoms with Crippen molar-refractivity contribution in [1.82, 2.24) is 4.31 Å². The van der Waals surface area contributed by atoms with Crippen LogP contribution in [0, 0.1) is 5.82 Å². The molecule has 2 aliphatic rings. The molecule has 2 heterocycles. The molecular weight excluding hydrogens is 522 g/mol. The van der Waals surface area contributed by atoms with Crippen LogP contribution in [0.25, 0.3) is 22.3 Å². The van der Waals surface area contributed by atoms with Crippen LogP contribution in [0.2, 0.25) is 0 Å². The van der Waals surface area contributed by atoms with E-state index in [1.54, 1.807) is 18.2 Å². The van der Waals surface area contributed by atoms with E-state index < -0.39 is 28.9 Å². The van der Waals surface area contributed by atoms with Crippen LogP contribution < -0.4 is 11.2 Å². The summed E-state index contributed by atoms with van der Waals surface area (Å²) in [5.74, 6) is -0.600. The second-order valence-electron chi connectivity index (χ2n) is 10.2. The number of benzene rings is 3. The van der Waals surface area contributed by atoms with Gasteiger partial charge in [-0.1, -0.05) is 18.2 Å². The molecule has 0 bridgehead atoms. The lowest BCUT2D eigenvalue weighted by Crippen LogP contribution is -2.32. The number of hydrogen-bond acceptors (Lipinski definition) is 6. The van der Waals surface area contributed by atoms with Crippen molar-refractivity contribution < 1.29 is 31.7 Å². The Balaban J connectivity index is 1.43. The van der Waals surface area contributed by atoms with E-state index in [1.807, 2.05) is 12.1 Å². The van der Waals surface area contributed by atoms with E-state index in [-0.39, 0.29) is 36.9 Å². The highest BCUT2D eigenvalue weighted by Crippen LogP contribution is 2.45. The van der Waals surface area contributed by atoms with Crippen LogP contribution in [-0.4, -0.2) is 37.0 Å². The average molecular weight is 548 g/mol. The molecule has 0 saturated heterocycles. The number of furan rings is 1. The minimum absolute atomic E-state index is 0.0895. The largest absolute Gasteiger partial charge is 0.491 e. The van der Waals surface area contributed by atoms with Crippen molar-refractivity contribution in [2.45, 2.75) is 38.5 Å². The van der Waals surface area contributed by atoms with Crippen LogP contribution in [0.5, 0.6) is 0 Å². The maximum absolute atomic E-state index is 13.5. The minimum atomic E-state index is -3.64. The van der Waals surface area contributed by atoms with Crippen LogP contribution in [0.3, 0.4) is 0 Å². The van der Waals surface area contributed by atoms with E-state index in [0.717, 1.165) is 35.1 Å². The first-order valence-corrected chi connectivity index (χ1v) is 14.5. The van der Waals surface area contributed by atoms with Gasteiger partial charge in [0.2, 0.25) is 10.0 Å². The van der Waals surface area contributed by atoms with Crippen molar-refractivity contribution in [2.24, 2.45) is 5.73 Å². The van der Waals surface area contributed by atoms with Crippen LogP contribution in [0.15, 0.2) is 59.0 Å². The fourth-order valence-electron chi connectivity index (χ4n) is 5.29. The van der Waals surface area contributed by atoms with Crippen LogP contribution >= 0.6 is 0 Å². The third-order valence-corrected chi connectivity index (χ3v) is 8.64. The molecule has 11 heteroatoms. The Kier molecular flexibility index (Phi) is 6.34. The molecule has 1 aliphatic carbocycles. The van der Waals surface area contributed by atoms with Gasteiger partial charge in [-0.3, -0.25) is 4.79 Å². The van der Waals surface area contributed by atoms with Gasteiger partial charge in [0.25, 0.3) is 5.91 Å². The molecule has 1 fully saturated rings. The van der Waals surface area contributed by atoms with E-state index in [2.05, 4.69) is 0 Å². The van der Waals surface area contributed by atoms with Crippen molar-refractivity contribution >= 4 is 39.5 Å². The highest BCUT2D eigenvalue weighted by Gasteiger charge is 2.33. The fourth-order valence-corrected chi connectivity index (χ4v) is 6.04. The Morgan fingerprint density at radius 1 is 1.13 bits per heavy atom. The second kappa shape index (κ2) is 9.60. The van der Waals surface area contributed by atoms with Gasteiger partial charge in [0.1, 0.15) is 17.2 Å². The lowest BCUT2D eigenvalue weighted by atomic mass is 9.78. The van der Waals surface area contributed by atoms with Gasteiger partial charge in [-0.2, -0.15) is 4.31 Å². The monoisotopic (exact) mass is 548 g/mol. The Bertz CT molecular complexity index is 1720. The quantitative estimate of drug-likeness (QED) is 0.326. The number of carbonyl (C=O) groups excluding carboxylic acids is 1. The molecule has 1 aliphatic heterocycles. The number of hydrogen-bond donors (Lipinski definition) is 2. The number of amides is 1. The summed E-state index contributed by atoms with van der Waals surface area (Å²) < 4.78 is 52.3. The van der Waals surface area contributed by atoms with Crippen molar-refractivity contribution in [3.63, 3.8) is 0 Å². The Morgan fingerprint density at radius 2 is 1.85 bits per heavy atom. The molecule has 6 rings (SSSR count). The van der Waals surface area contributed by atoms with Crippen molar-refractivity contribution in [3.05, 3.63) is 88.2 Å².